The van der Waals surface area contributed by atoms with E-state index in [1.807, 2.05) is 0 Å². The van der Waals surface area contributed by atoms with Crippen LogP contribution in [0.5, 0.6) is 5.75 Å². The van der Waals surface area contributed by atoms with E-state index in [0.29, 0.717) is 18.0 Å². The third kappa shape index (κ3) is 4.45. The molecule has 0 saturated carbocycles. The number of hydrogen-bond acceptors (Lipinski definition) is 6. The van der Waals surface area contributed by atoms with Crippen molar-refractivity contribution in [1.29, 1.82) is 0 Å². The maximum absolute atomic E-state index is 12.7. The van der Waals surface area contributed by atoms with Gasteiger partial charge in [0.25, 0.3) is 0 Å². The van der Waals surface area contributed by atoms with Crippen molar-refractivity contribution in [1.82, 2.24) is 14.3 Å². The van der Waals surface area contributed by atoms with Gasteiger partial charge in [-0.1, -0.05) is 0 Å². The number of fused-ring (bicyclic) bond motifs is 1. The van der Waals surface area contributed by atoms with Gasteiger partial charge >= 0.3 is 17.3 Å². The monoisotopic (exact) mass is 461 g/mol. The van der Waals surface area contributed by atoms with Crippen LogP contribution >= 0.6 is 0 Å². The normalized spacial score (nSPS) is 13.0. The third-order valence-electron chi connectivity index (χ3n) is 5.08. The van der Waals surface area contributed by atoms with E-state index < -0.39 is 35.3 Å². The Labute approximate surface area is 184 Å². The molecule has 172 valence electrons. The van der Waals surface area contributed by atoms with E-state index in [1.54, 1.807) is 29.2 Å². The van der Waals surface area contributed by atoms with Gasteiger partial charge in [0.2, 0.25) is 11.9 Å². The first-order valence-electron chi connectivity index (χ1n) is 9.78. The molecule has 0 fully saturated rings. The summed E-state index contributed by atoms with van der Waals surface area (Å²) >= 11 is 0. The van der Waals surface area contributed by atoms with E-state index in [1.165, 1.54) is 11.7 Å². The van der Waals surface area contributed by atoms with Crippen molar-refractivity contribution >= 4 is 23.2 Å². The Kier molecular flexibility index (Phi) is 5.66. The summed E-state index contributed by atoms with van der Waals surface area (Å²) in [4.78, 5) is 39.1. The van der Waals surface area contributed by atoms with Gasteiger partial charge in [0, 0.05) is 24.5 Å². The minimum absolute atomic E-state index is 0.110. The molecule has 12 heteroatoms. The number of methoxy groups -OCH3 is 1. The zero-order chi connectivity index (χ0) is 23.8. The topological polar surface area (TPSA) is 98.5 Å². The molecule has 4 rings (SSSR count). The lowest BCUT2D eigenvalue weighted by atomic mass is 10.2. The molecule has 1 aromatic heterocycles. The Morgan fingerprint density at radius 2 is 1.70 bits per heavy atom. The van der Waals surface area contributed by atoms with Crippen LogP contribution < -0.4 is 26.1 Å². The first kappa shape index (κ1) is 22.1. The van der Waals surface area contributed by atoms with E-state index in [2.05, 4.69) is 10.4 Å². The number of halogens is 3. The maximum Gasteiger partial charge on any atom is 0.416 e. The molecule has 0 spiro atoms. The molecule has 0 atom stereocenters. The highest BCUT2D eigenvalue weighted by molar-refractivity contribution is 5.90. The van der Waals surface area contributed by atoms with Gasteiger partial charge in [0.05, 0.1) is 12.7 Å². The molecule has 1 amide bonds. The summed E-state index contributed by atoms with van der Waals surface area (Å²) in [5, 5.41) is 6.59. The highest BCUT2D eigenvalue weighted by atomic mass is 19.4. The van der Waals surface area contributed by atoms with Gasteiger partial charge in [-0.2, -0.15) is 13.2 Å². The number of rotatable bonds is 5. The fourth-order valence-electron chi connectivity index (χ4n) is 3.42. The van der Waals surface area contributed by atoms with Crippen LogP contribution in [0.25, 0.3) is 0 Å². The Balaban J connectivity index is 1.56. The molecule has 2 heterocycles. The average Bonchev–Trinajstić information content (AvgIpc) is 3.21. The molecule has 1 aliphatic rings. The summed E-state index contributed by atoms with van der Waals surface area (Å²) in [5.74, 6) is 0.128. The van der Waals surface area contributed by atoms with E-state index in [9.17, 15) is 27.6 Å². The van der Waals surface area contributed by atoms with Crippen LogP contribution in [0.2, 0.25) is 0 Å². The molecule has 0 aliphatic carbocycles. The van der Waals surface area contributed by atoms with Gasteiger partial charge < -0.3 is 15.0 Å². The first-order valence-corrected chi connectivity index (χ1v) is 9.78. The van der Waals surface area contributed by atoms with Crippen LogP contribution in [0.15, 0.2) is 58.1 Å². The van der Waals surface area contributed by atoms with Crippen molar-refractivity contribution in [2.45, 2.75) is 19.3 Å². The lowest BCUT2D eigenvalue weighted by Gasteiger charge is -2.18. The standard InChI is InChI=1S/C21H18F3N5O4/c1-33-16-8-6-15(7-9-16)27-10-11-28-18(31)19(32)29(26-20(27)28)12-17(30)25-14-4-2-13(3-5-14)21(22,23)24/h2-9H,10-12H2,1H3,(H,25,30). The number of aromatic nitrogens is 3. The molecule has 1 N–H and O–H groups in total. The van der Waals surface area contributed by atoms with Crippen LogP contribution in [-0.2, 0) is 24.1 Å². The molecule has 1 aliphatic heterocycles. The summed E-state index contributed by atoms with van der Waals surface area (Å²) in [6, 6.07) is 10.9. The van der Waals surface area contributed by atoms with E-state index in [0.717, 1.165) is 28.9 Å². The molecule has 0 radical (unpaired) electrons. The number of alkyl halides is 3. The molecule has 0 saturated heterocycles. The van der Waals surface area contributed by atoms with E-state index in [4.69, 9.17) is 4.74 Å². The van der Waals surface area contributed by atoms with Gasteiger partial charge in [-0.25, -0.2) is 4.68 Å². The number of nitrogens with one attached hydrogen (secondary N) is 1. The number of carbonyl (C=O) groups is 1. The van der Waals surface area contributed by atoms with Crippen LogP contribution in [0.3, 0.4) is 0 Å². The molecular weight excluding hydrogens is 443 g/mol. The number of benzene rings is 2. The minimum atomic E-state index is -4.50. The Hall–Kier alpha value is -4.09. The summed E-state index contributed by atoms with van der Waals surface area (Å²) in [6.07, 6.45) is -4.50. The Morgan fingerprint density at radius 3 is 2.30 bits per heavy atom. The van der Waals surface area contributed by atoms with E-state index >= 15 is 0 Å². The maximum atomic E-state index is 12.7. The van der Waals surface area contributed by atoms with Crippen molar-refractivity contribution in [3.05, 3.63) is 74.8 Å². The van der Waals surface area contributed by atoms with Crippen LogP contribution in [0.1, 0.15) is 5.56 Å². The van der Waals surface area contributed by atoms with Crippen LogP contribution in [-0.4, -0.2) is 33.9 Å². The van der Waals surface area contributed by atoms with Crippen molar-refractivity contribution in [3.63, 3.8) is 0 Å². The SMILES string of the molecule is COc1ccc(N2CCn3c2nn(CC(=O)Nc2ccc(C(F)(F)F)cc2)c(=O)c3=O)cc1. The number of nitrogens with zero attached hydrogens (tertiary/aromatic N) is 4. The quantitative estimate of drug-likeness (QED) is 0.586. The molecule has 3 aromatic rings. The second-order valence-corrected chi connectivity index (χ2v) is 7.19. The average molecular weight is 461 g/mol. The Bertz CT molecular complexity index is 1300. The largest absolute Gasteiger partial charge is 0.497 e. The number of anilines is 3. The molecule has 0 unspecified atom stereocenters. The fraction of sp³-hybridized carbons (Fsp3) is 0.238. The summed E-state index contributed by atoms with van der Waals surface area (Å²) < 4.78 is 45.1. The van der Waals surface area contributed by atoms with Crippen LogP contribution in [0.4, 0.5) is 30.5 Å². The molecular formula is C21H18F3N5O4. The second-order valence-electron chi connectivity index (χ2n) is 7.19. The smallest absolute Gasteiger partial charge is 0.416 e. The highest BCUT2D eigenvalue weighted by Crippen LogP contribution is 2.30. The number of amides is 1. The zero-order valence-electron chi connectivity index (χ0n) is 17.3. The molecule has 0 bridgehead atoms. The number of carbonyl (C=O) groups excluding carboxylic acids is 1. The van der Waals surface area contributed by atoms with Crippen LogP contribution in [0, 0.1) is 0 Å². The van der Waals surface area contributed by atoms with E-state index in [-0.39, 0.29) is 18.2 Å². The lowest BCUT2D eigenvalue weighted by Crippen LogP contribution is -2.44. The fourth-order valence-corrected chi connectivity index (χ4v) is 3.42. The van der Waals surface area contributed by atoms with Crippen molar-refractivity contribution in [2.24, 2.45) is 0 Å². The molecule has 9 nitrogen and oxygen atoms in total. The summed E-state index contributed by atoms with van der Waals surface area (Å²) in [5.41, 5.74) is -1.83. The zero-order valence-corrected chi connectivity index (χ0v) is 17.3. The second kappa shape index (κ2) is 8.45. The van der Waals surface area contributed by atoms with Gasteiger partial charge in [0.15, 0.2) is 0 Å². The number of hydrogen-bond donors (Lipinski definition) is 1. The molecule has 2 aromatic carbocycles. The highest BCUT2D eigenvalue weighted by Gasteiger charge is 2.30. The predicted molar refractivity (Wildman–Crippen MR) is 113 cm³/mol. The molecule has 33 heavy (non-hydrogen) atoms. The van der Waals surface area contributed by atoms with Gasteiger partial charge in [-0.05, 0) is 48.5 Å². The van der Waals surface area contributed by atoms with Gasteiger partial charge in [-0.15, -0.1) is 5.10 Å². The Morgan fingerprint density at radius 1 is 1.03 bits per heavy atom. The van der Waals surface area contributed by atoms with Gasteiger partial charge in [0.1, 0.15) is 12.3 Å². The summed E-state index contributed by atoms with van der Waals surface area (Å²) in [6.45, 7) is 0.0657. The third-order valence-corrected chi connectivity index (χ3v) is 5.08. The van der Waals surface area contributed by atoms with Crippen molar-refractivity contribution in [2.75, 3.05) is 23.9 Å². The predicted octanol–water partition coefficient (Wildman–Crippen LogP) is 2.22. The first-order chi connectivity index (χ1) is 15.7. The van der Waals surface area contributed by atoms with Crippen molar-refractivity contribution < 1.29 is 22.7 Å². The van der Waals surface area contributed by atoms with Gasteiger partial charge in [-0.3, -0.25) is 19.0 Å². The lowest BCUT2D eigenvalue weighted by molar-refractivity contribution is -0.137. The minimum Gasteiger partial charge on any atom is -0.497 e. The summed E-state index contributed by atoms with van der Waals surface area (Å²) in [7, 11) is 1.54. The van der Waals surface area contributed by atoms with Crippen molar-refractivity contribution in [3.8, 4) is 5.75 Å². The number of ether oxygens (including phenoxy) is 1.